The Hall–Kier alpha value is -3.44. The zero-order chi connectivity index (χ0) is 21.3. The normalized spacial score (nSPS) is 30.9. The topological polar surface area (TPSA) is 144 Å². The molecule has 4 heterocycles. The SMILES string of the molecule is COC(=O)C12OC(=O)CC3(O)CC(=O)OC(Cc4c1[nH]c1ccccc41)N2OC3=O. The maximum atomic E-state index is 13.0. The number of aromatic nitrogens is 1. The van der Waals surface area contributed by atoms with Crippen LogP contribution >= 0.6 is 0 Å². The van der Waals surface area contributed by atoms with Gasteiger partial charge in [-0.1, -0.05) is 18.2 Å². The monoisotopic (exact) mass is 416 g/mol. The Morgan fingerprint density at radius 3 is 2.73 bits per heavy atom. The molecular weight excluding hydrogens is 400 g/mol. The van der Waals surface area contributed by atoms with E-state index in [1.165, 1.54) is 0 Å². The van der Waals surface area contributed by atoms with E-state index in [0.29, 0.717) is 21.5 Å². The minimum absolute atomic E-state index is 0.0209. The third-order valence-corrected chi connectivity index (χ3v) is 5.53. The molecule has 3 aliphatic heterocycles. The zero-order valence-corrected chi connectivity index (χ0v) is 15.7. The molecule has 11 heteroatoms. The number of fused-ring (bicyclic) bond motifs is 6. The molecule has 0 spiro atoms. The summed E-state index contributed by atoms with van der Waals surface area (Å²) in [6.45, 7) is 0. The Labute approximate surface area is 168 Å². The van der Waals surface area contributed by atoms with E-state index in [9.17, 15) is 24.3 Å². The number of benzene rings is 1. The van der Waals surface area contributed by atoms with Crippen LogP contribution in [0.4, 0.5) is 0 Å². The molecule has 2 N–H and O–H groups in total. The van der Waals surface area contributed by atoms with Crippen molar-refractivity contribution in [2.75, 3.05) is 7.11 Å². The van der Waals surface area contributed by atoms with Gasteiger partial charge in [-0.05, 0) is 16.7 Å². The molecule has 3 atom stereocenters. The predicted molar refractivity (Wildman–Crippen MR) is 93.8 cm³/mol. The highest BCUT2D eigenvalue weighted by Crippen LogP contribution is 2.46. The summed E-state index contributed by atoms with van der Waals surface area (Å²) in [5, 5.41) is 11.9. The van der Waals surface area contributed by atoms with E-state index in [1.807, 2.05) is 0 Å². The van der Waals surface area contributed by atoms with E-state index >= 15 is 0 Å². The number of rotatable bonds is 1. The minimum atomic E-state index is -2.48. The predicted octanol–water partition coefficient (Wildman–Crippen LogP) is -0.239. The number of carbonyl (C=O) groups excluding carboxylic acids is 4. The van der Waals surface area contributed by atoms with Gasteiger partial charge in [-0.25, -0.2) is 9.59 Å². The Balaban J connectivity index is 1.83. The maximum Gasteiger partial charge on any atom is 0.376 e. The second-order valence-corrected chi connectivity index (χ2v) is 7.37. The lowest BCUT2D eigenvalue weighted by Gasteiger charge is -2.48. The number of para-hydroxylation sites is 1. The second kappa shape index (κ2) is 6.03. The quantitative estimate of drug-likeness (QED) is 0.472. The van der Waals surface area contributed by atoms with Gasteiger partial charge in [0, 0.05) is 17.3 Å². The van der Waals surface area contributed by atoms with Gasteiger partial charge in [-0.15, -0.1) is 0 Å². The molecule has 2 fully saturated rings. The lowest BCUT2D eigenvalue weighted by molar-refractivity contribution is -0.352. The largest absolute Gasteiger partial charge is 0.465 e. The molecule has 0 radical (unpaired) electrons. The Morgan fingerprint density at radius 1 is 1.23 bits per heavy atom. The number of methoxy groups -OCH3 is 1. The first-order valence-corrected chi connectivity index (χ1v) is 9.12. The van der Waals surface area contributed by atoms with E-state index in [2.05, 4.69) is 4.98 Å². The summed E-state index contributed by atoms with van der Waals surface area (Å²) in [6, 6.07) is 7.08. The fourth-order valence-electron chi connectivity index (χ4n) is 4.21. The summed E-state index contributed by atoms with van der Waals surface area (Å²) in [7, 11) is 1.07. The molecule has 156 valence electrons. The molecule has 2 aromatic rings. The number of esters is 3. The van der Waals surface area contributed by atoms with Crippen LogP contribution in [0, 0.1) is 0 Å². The second-order valence-electron chi connectivity index (χ2n) is 7.37. The first-order valence-electron chi connectivity index (χ1n) is 9.12. The number of H-pyrrole nitrogens is 1. The van der Waals surface area contributed by atoms with Gasteiger partial charge in [-0.3, -0.25) is 9.59 Å². The number of hydroxylamine groups is 2. The number of hydrogen-bond acceptors (Lipinski definition) is 10. The van der Waals surface area contributed by atoms with Crippen molar-refractivity contribution < 1.29 is 43.3 Å². The number of carbonyl (C=O) groups is 4. The molecule has 2 saturated heterocycles. The zero-order valence-electron chi connectivity index (χ0n) is 15.7. The number of hydrogen-bond donors (Lipinski definition) is 2. The Kier molecular flexibility index (Phi) is 3.74. The van der Waals surface area contributed by atoms with Gasteiger partial charge in [0.15, 0.2) is 11.8 Å². The third kappa shape index (κ3) is 2.33. The van der Waals surface area contributed by atoms with Crippen LogP contribution in [0.2, 0.25) is 0 Å². The van der Waals surface area contributed by atoms with Crippen molar-refractivity contribution in [2.24, 2.45) is 0 Å². The van der Waals surface area contributed by atoms with E-state index in [0.717, 1.165) is 7.11 Å². The molecule has 1 aromatic heterocycles. The molecule has 5 rings (SSSR count). The van der Waals surface area contributed by atoms with Crippen molar-refractivity contribution >= 4 is 34.8 Å². The van der Waals surface area contributed by atoms with Crippen molar-refractivity contribution in [1.82, 2.24) is 10.0 Å². The minimum Gasteiger partial charge on any atom is -0.465 e. The van der Waals surface area contributed by atoms with Crippen molar-refractivity contribution in [3.63, 3.8) is 0 Å². The standard InChI is InChI=1S/C19H16N2O9/c1-27-17(25)19-15-10(9-4-2-3-5-11(9)20-15)6-12-21(19)30-16(24)18(26,7-13(22)28-12)8-14(23)29-19/h2-5,12,20,26H,6-8H2,1H3. The first-order chi connectivity index (χ1) is 14.3. The van der Waals surface area contributed by atoms with Crippen LogP contribution in [0.5, 0.6) is 0 Å². The van der Waals surface area contributed by atoms with Crippen molar-refractivity contribution in [2.45, 2.75) is 36.8 Å². The number of aromatic amines is 1. The fourth-order valence-corrected chi connectivity index (χ4v) is 4.21. The summed E-state index contributed by atoms with van der Waals surface area (Å²) in [5.74, 6) is -4.37. The first kappa shape index (κ1) is 18.6. The van der Waals surface area contributed by atoms with Crippen LogP contribution < -0.4 is 0 Å². The Morgan fingerprint density at radius 2 is 1.97 bits per heavy atom. The number of nitrogens with one attached hydrogen (secondary N) is 1. The highest BCUT2D eigenvalue weighted by atomic mass is 16.8. The molecule has 2 bridgehead atoms. The average Bonchev–Trinajstić information content (AvgIpc) is 3.06. The molecule has 11 nitrogen and oxygen atoms in total. The maximum absolute atomic E-state index is 13.0. The number of nitrogens with zero attached hydrogens (tertiary/aromatic N) is 1. The fraction of sp³-hybridized carbons (Fsp3) is 0.368. The highest BCUT2D eigenvalue weighted by Gasteiger charge is 2.66. The van der Waals surface area contributed by atoms with Crippen LogP contribution in [-0.4, -0.2) is 58.0 Å². The summed E-state index contributed by atoms with van der Waals surface area (Å²) < 4.78 is 15.8. The summed E-state index contributed by atoms with van der Waals surface area (Å²) in [4.78, 5) is 59.2. The summed E-state index contributed by atoms with van der Waals surface area (Å²) in [6.07, 6.45) is -2.99. The van der Waals surface area contributed by atoms with Gasteiger partial charge in [0.2, 0.25) is 0 Å². The van der Waals surface area contributed by atoms with Crippen LogP contribution in [0.3, 0.4) is 0 Å². The summed E-state index contributed by atoms with van der Waals surface area (Å²) in [5.41, 5.74) is -3.62. The molecule has 0 saturated carbocycles. The van der Waals surface area contributed by atoms with E-state index in [1.54, 1.807) is 24.3 Å². The average molecular weight is 416 g/mol. The third-order valence-electron chi connectivity index (χ3n) is 5.53. The smallest absolute Gasteiger partial charge is 0.376 e. The van der Waals surface area contributed by atoms with Gasteiger partial charge in [0.25, 0.3) is 0 Å². The van der Waals surface area contributed by atoms with E-state index in [-0.39, 0.29) is 12.1 Å². The van der Waals surface area contributed by atoms with Crippen molar-refractivity contribution in [3.05, 3.63) is 35.5 Å². The number of aliphatic hydroxyl groups is 1. The van der Waals surface area contributed by atoms with Gasteiger partial charge >= 0.3 is 29.6 Å². The molecule has 1 aromatic carbocycles. The number of ether oxygens (including phenoxy) is 3. The van der Waals surface area contributed by atoms with Crippen molar-refractivity contribution in [3.8, 4) is 0 Å². The molecular formula is C19H16N2O9. The van der Waals surface area contributed by atoms with Crippen LogP contribution in [-0.2, 0) is 50.4 Å². The van der Waals surface area contributed by atoms with Gasteiger partial charge in [0.1, 0.15) is 0 Å². The van der Waals surface area contributed by atoms with Crippen LogP contribution in [0.25, 0.3) is 10.9 Å². The van der Waals surface area contributed by atoms with Crippen molar-refractivity contribution in [1.29, 1.82) is 0 Å². The van der Waals surface area contributed by atoms with Crippen LogP contribution in [0.15, 0.2) is 24.3 Å². The molecule has 3 aliphatic rings. The lowest BCUT2D eigenvalue weighted by atomic mass is 9.91. The molecule has 0 amide bonds. The van der Waals surface area contributed by atoms with Gasteiger partial charge in [-0.2, -0.15) is 0 Å². The molecule has 30 heavy (non-hydrogen) atoms. The van der Waals surface area contributed by atoms with E-state index in [4.69, 9.17) is 19.0 Å². The van der Waals surface area contributed by atoms with E-state index < -0.39 is 54.3 Å². The lowest BCUT2D eigenvalue weighted by Crippen LogP contribution is -2.67. The van der Waals surface area contributed by atoms with Gasteiger partial charge < -0.3 is 29.1 Å². The molecule has 0 aliphatic carbocycles. The van der Waals surface area contributed by atoms with Gasteiger partial charge in [0.05, 0.1) is 25.6 Å². The van der Waals surface area contributed by atoms with Crippen LogP contribution in [0.1, 0.15) is 24.1 Å². The summed E-state index contributed by atoms with van der Waals surface area (Å²) >= 11 is 0. The molecule has 3 unspecified atom stereocenters. The highest BCUT2D eigenvalue weighted by molar-refractivity contribution is 5.95. The Bertz CT molecular complexity index is 1120.